The maximum absolute atomic E-state index is 11.9. The number of hydrogen-bond donors (Lipinski definition) is 1. The third-order valence-corrected chi connectivity index (χ3v) is 5.43. The Balaban J connectivity index is 1.59. The molecule has 1 aliphatic rings. The van der Waals surface area contributed by atoms with Gasteiger partial charge in [0.1, 0.15) is 5.75 Å². The van der Waals surface area contributed by atoms with E-state index in [2.05, 4.69) is 0 Å². The monoisotopic (exact) mass is 295 g/mol. The molecular formula is C16H25NO2S. The van der Waals surface area contributed by atoms with Crippen molar-refractivity contribution in [1.82, 2.24) is 0 Å². The van der Waals surface area contributed by atoms with Crippen molar-refractivity contribution in [2.24, 2.45) is 11.7 Å². The van der Waals surface area contributed by atoms with Crippen LogP contribution < -0.4 is 10.5 Å². The molecule has 112 valence electrons. The van der Waals surface area contributed by atoms with Crippen molar-refractivity contribution in [2.45, 2.75) is 38.6 Å². The van der Waals surface area contributed by atoms with Crippen LogP contribution in [0.5, 0.6) is 5.75 Å². The van der Waals surface area contributed by atoms with Crippen molar-refractivity contribution >= 4 is 10.8 Å². The Bertz CT molecular complexity index is 413. The first-order valence-electron chi connectivity index (χ1n) is 7.54. The predicted octanol–water partition coefficient (Wildman–Crippen LogP) is 2.85. The molecule has 4 heteroatoms. The zero-order valence-electron chi connectivity index (χ0n) is 12.1. The molecule has 1 aliphatic carbocycles. The lowest BCUT2D eigenvalue weighted by Crippen LogP contribution is -2.12. The Morgan fingerprint density at radius 2 is 1.90 bits per heavy atom. The van der Waals surface area contributed by atoms with Crippen LogP contribution in [-0.2, 0) is 17.3 Å². The molecule has 1 aromatic rings. The zero-order valence-corrected chi connectivity index (χ0v) is 12.9. The van der Waals surface area contributed by atoms with Gasteiger partial charge in [-0.3, -0.25) is 4.21 Å². The van der Waals surface area contributed by atoms with E-state index in [0.717, 1.165) is 29.2 Å². The van der Waals surface area contributed by atoms with Crippen molar-refractivity contribution < 1.29 is 8.95 Å². The molecule has 0 heterocycles. The van der Waals surface area contributed by atoms with Crippen LogP contribution in [0.25, 0.3) is 0 Å². The molecular weight excluding hydrogens is 270 g/mol. The highest BCUT2D eigenvalue weighted by Gasteiger charge is 2.17. The van der Waals surface area contributed by atoms with Crippen LogP contribution in [0.3, 0.4) is 0 Å². The molecule has 0 bridgehead atoms. The first-order chi connectivity index (χ1) is 9.78. The van der Waals surface area contributed by atoms with Crippen molar-refractivity contribution in [1.29, 1.82) is 0 Å². The molecule has 1 atom stereocenters. The lowest BCUT2D eigenvalue weighted by atomic mass is 10.1. The summed E-state index contributed by atoms with van der Waals surface area (Å²) in [4.78, 5) is 0. The van der Waals surface area contributed by atoms with E-state index in [1.54, 1.807) is 0 Å². The molecule has 1 unspecified atom stereocenters. The van der Waals surface area contributed by atoms with Gasteiger partial charge in [0.25, 0.3) is 0 Å². The van der Waals surface area contributed by atoms with Crippen molar-refractivity contribution in [3.63, 3.8) is 0 Å². The lowest BCUT2D eigenvalue weighted by molar-refractivity contribution is 0.318. The van der Waals surface area contributed by atoms with Crippen molar-refractivity contribution in [3.8, 4) is 5.75 Å². The lowest BCUT2D eigenvalue weighted by Gasteiger charge is -2.09. The van der Waals surface area contributed by atoms with Gasteiger partial charge in [-0.1, -0.05) is 25.0 Å². The van der Waals surface area contributed by atoms with Crippen LogP contribution in [0.4, 0.5) is 0 Å². The van der Waals surface area contributed by atoms with Gasteiger partial charge in [0.05, 0.1) is 6.61 Å². The summed E-state index contributed by atoms with van der Waals surface area (Å²) in [6.07, 6.45) is 6.05. The normalized spacial score (nSPS) is 17.2. The van der Waals surface area contributed by atoms with E-state index in [0.29, 0.717) is 19.1 Å². The summed E-state index contributed by atoms with van der Waals surface area (Å²) in [6.45, 7) is 1.19. The Labute approximate surface area is 124 Å². The Morgan fingerprint density at radius 3 is 2.55 bits per heavy atom. The first-order valence-corrected chi connectivity index (χ1v) is 9.03. The molecule has 0 spiro atoms. The minimum atomic E-state index is -0.669. The first kappa shape index (κ1) is 15.5. The Morgan fingerprint density at radius 1 is 1.20 bits per heavy atom. The molecule has 2 N–H and O–H groups in total. The van der Waals surface area contributed by atoms with Crippen molar-refractivity contribution in [3.05, 3.63) is 29.8 Å². The standard InChI is InChI=1S/C16H25NO2S/c17-12-14-6-8-16(9-7-14)19-10-3-11-20(18)13-15-4-1-2-5-15/h6-9,15H,1-5,10-13,17H2. The molecule has 2 rings (SSSR count). The van der Waals surface area contributed by atoms with E-state index in [-0.39, 0.29) is 0 Å². The van der Waals surface area contributed by atoms with Crippen LogP contribution in [0.15, 0.2) is 24.3 Å². The van der Waals surface area contributed by atoms with Gasteiger partial charge in [0, 0.05) is 28.9 Å². The second-order valence-corrected chi connectivity index (χ2v) is 7.13. The highest BCUT2D eigenvalue weighted by atomic mass is 32.2. The third kappa shape index (κ3) is 5.25. The molecule has 0 saturated heterocycles. The molecule has 0 amide bonds. The minimum Gasteiger partial charge on any atom is -0.494 e. The summed E-state index contributed by atoms with van der Waals surface area (Å²) < 4.78 is 17.6. The van der Waals surface area contributed by atoms with Crippen molar-refractivity contribution in [2.75, 3.05) is 18.1 Å². The third-order valence-electron chi connectivity index (χ3n) is 3.84. The molecule has 1 fully saturated rings. The molecule has 1 aromatic carbocycles. The maximum Gasteiger partial charge on any atom is 0.119 e. The van der Waals surface area contributed by atoms with Gasteiger partial charge in [-0.2, -0.15) is 0 Å². The predicted molar refractivity (Wildman–Crippen MR) is 84.3 cm³/mol. The van der Waals surface area contributed by atoms with E-state index < -0.39 is 10.8 Å². The molecule has 3 nitrogen and oxygen atoms in total. The van der Waals surface area contributed by atoms with Crippen LogP contribution in [-0.4, -0.2) is 22.3 Å². The molecule has 0 radical (unpaired) electrons. The van der Waals surface area contributed by atoms with Gasteiger partial charge in [-0.25, -0.2) is 0 Å². The summed E-state index contributed by atoms with van der Waals surface area (Å²) in [5.74, 6) is 3.23. The Kier molecular flexibility index (Phi) is 6.54. The van der Waals surface area contributed by atoms with Gasteiger partial charge in [0.15, 0.2) is 0 Å². The summed E-state index contributed by atoms with van der Waals surface area (Å²) >= 11 is 0. The zero-order chi connectivity index (χ0) is 14.2. The average Bonchev–Trinajstić information content (AvgIpc) is 2.97. The molecule has 20 heavy (non-hydrogen) atoms. The largest absolute Gasteiger partial charge is 0.494 e. The summed E-state index contributed by atoms with van der Waals surface area (Å²) in [7, 11) is -0.669. The molecule has 0 aromatic heterocycles. The van der Waals surface area contributed by atoms with Gasteiger partial charge in [-0.05, 0) is 42.9 Å². The summed E-state index contributed by atoms with van der Waals surface area (Å²) in [6, 6.07) is 7.84. The van der Waals surface area contributed by atoms with Gasteiger partial charge in [-0.15, -0.1) is 0 Å². The van der Waals surface area contributed by atoms with Crippen LogP contribution in [0.2, 0.25) is 0 Å². The fourth-order valence-corrected chi connectivity index (χ4v) is 4.12. The van der Waals surface area contributed by atoms with Crippen LogP contribution in [0.1, 0.15) is 37.7 Å². The summed E-state index contributed by atoms with van der Waals surface area (Å²) in [5.41, 5.74) is 6.65. The van der Waals surface area contributed by atoms with E-state index in [1.807, 2.05) is 24.3 Å². The van der Waals surface area contributed by atoms with E-state index >= 15 is 0 Å². The highest BCUT2D eigenvalue weighted by molar-refractivity contribution is 7.84. The van der Waals surface area contributed by atoms with E-state index in [1.165, 1.54) is 25.7 Å². The number of nitrogens with two attached hydrogens (primary N) is 1. The second-order valence-electron chi connectivity index (χ2n) is 5.51. The number of ether oxygens (including phenoxy) is 1. The Hall–Kier alpha value is -0.870. The number of hydrogen-bond acceptors (Lipinski definition) is 3. The van der Waals surface area contributed by atoms with Gasteiger partial charge in [0.2, 0.25) is 0 Å². The average molecular weight is 295 g/mol. The summed E-state index contributed by atoms with van der Waals surface area (Å²) in [5, 5.41) is 0. The number of rotatable bonds is 8. The highest BCUT2D eigenvalue weighted by Crippen LogP contribution is 2.25. The quantitative estimate of drug-likeness (QED) is 0.750. The SMILES string of the molecule is NCc1ccc(OCCCS(=O)CC2CCCC2)cc1. The van der Waals surface area contributed by atoms with Crippen LogP contribution in [0, 0.1) is 5.92 Å². The van der Waals surface area contributed by atoms with Gasteiger partial charge >= 0.3 is 0 Å². The van der Waals surface area contributed by atoms with Gasteiger partial charge < -0.3 is 10.5 Å². The van der Waals surface area contributed by atoms with E-state index in [4.69, 9.17) is 10.5 Å². The maximum atomic E-state index is 11.9. The second kappa shape index (κ2) is 8.42. The molecule has 1 saturated carbocycles. The number of benzene rings is 1. The fourth-order valence-electron chi connectivity index (χ4n) is 2.65. The fraction of sp³-hybridized carbons (Fsp3) is 0.625. The smallest absolute Gasteiger partial charge is 0.119 e. The minimum absolute atomic E-state index is 0.556. The topological polar surface area (TPSA) is 52.3 Å². The molecule has 0 aliphatic heterocycles. The van der Waals surface area contributed by atoms with E-state index in [9.17, 15) is 4.21 Å². The van der Waals surface area contributed by atoms with Crippen LogP contribution >= 0.6 is 0 Å².